The summed E-state index contributed by atoms with van der Waals surface area (Å²) in [7, 11) is 0. The Hall–Kier alpha value is -2.56. The molecule has 0 fully saturated rings. The molecule has 0 aliphatic carbocycles. The van der Waals surface area contributed by atoms with Crippen LogP contribution >= 0.6 is 0 Å². The number of rotatable bonds is 6. The number of carbonyl (C=O) groups is 1. The summed E-state index contributed by atoms with van der Waals surface area (Å²) >= 11 is 0. The van der Waals surface area contributed by atoms with Crippen LogP contribution in [-0.2, 0) is 9.53 Å². The molecule has 0 radical (unpaired) electrons. The van der Waals surface area contributed by atoms with Crippen LogP contribution in [-0.4, -0.2) is 29.9 Å². The lowest BCUT2D eigenvalue weighted by Gasteiger charge is -2.07. The first kappa shape index (κ1) is 15.8. The lowest BCUT2D eigenvalue weighted by molar-refractivity contribution is -0.134. The Balaban J connectivity index is 2.35. The Kier molecular flexibility index (Phi) is 5.36. The van der Waals surface area contributed by atoms with Gasteiger partial charge in [-0.05, 0) is 56.7 Å². The molecule has 22 heavy (non-hydrogen) atoms. The van der Waals surface area contributed by atoms with Crippen LogP contribution in [0.2, 0.25) is 0 Å². The zero-order chi connectivity index (χ0) is 15.9. The van der Waals surface area contributed by atoms with Crippen LogP contribution in [0.4, 0.5) is 5.69 Å². The first-order chi connectivity index (χ1) is 10.7. The average Bonchev–Trinajstić information content (AvgIpc) is 2.93. The second kappa shape index (κ2) is 7.45. The van der Waals surface area contributed by atoms with Crippen molar-refractivity contribution in [2.45, 2.75) is 20.8 Å². The molecular formula is C17H20N2O3. The minimum Gasteiger partial charge on any atom is -0.494 e. The highest BCUT2D eigenvalue weighted by Crippen LogP contribution is 2.20. The van der Waals surface area contributed by atoms with E-state index < -0.39 is 5.97 Å². The number of H-pyrrole nitrogens is 1. The summed E-state index contributed by atoms with van der Waals surface area (Å²) in [5, 5.41) is 0. The molecule has 116 valence electrons. The third kappa shape index (κ3) is 3.75. The molecule has 0 spiro atoms. The van der Waals surface area contributed by atoms with Crippen LogP contribution in [0, 0.1) is 6.92 Å². The van der Waals surface area contributed by atoms with E-state index in [2.05, 4.69) is 9.98 Å². The van der Waals surface area contributed by atoms with E-state index in [-0.39, 0.29) is 5.71 Å². The summed E-state index contributed by atoms with van der Waals surface area (Å²) in [5.74, 6) is 0.331. The van der Waals surface area contributed by atoms with Gasteiger partial charge in [-0.3, -0.25) is 0 Å². The fourth-order valence-electron chi connectivity index (χ4n) is 2.02. The predicted molar refractivity (Wildman–Crippen MR) is 86.0 cm³/mol. The Labute approximate surface area is 130 Å². The molecule has 2 aromatic rings. The van der Waals surface area contributed by atoms with Gasteiger partial charge >= 0.3 is 5.97 Å². The summed E-state index contributed by atoms with van der Waals surface area (Å²) in [6, 6.07) is 9.16. The molecule has 0 saturated heterocycles. The van der Waals surface area contributed by atoms with Crippen LogP contribution in [0.3, 0.4) is 0 Å². The van der Waals surface area contributed by atoms with Crippen molar-refractivity contribution in [2.24, 2.45) is 4.99 Å². The van der Waals surface area contributed by atoms with E-state index in [4.69, 9.17) is 9.47 Å². The zero-order valence-corrected chi connectivity index (χ0v) is 13.1. The van der Waals surface area contributed by atoms with Crippen LogP contribution in [0.1, 0.15) is 25.1 Å². The van der Waals surface area contributed by atoms with Gasteiger partial charge in [0, 0.05) is 6.20 Å². The van der Waals surface area contributed by atoms with Gasteiger partial charge in [-0.15, -0.1) is 0 Å². The minimum atomic E-state index is -0.443. The van der Waals surface area contributed by atoms with E-state index in [9.17, 15) is 4.79 Å². The van der Waals surface area contributed by atoms with Crippen molar-refractivity contribution in [1.29, 1.82) is 0 Å². The number of benzene rings is 1. The third-order valence-electron chi connectivity index (χ3n) is 3.05. The molecular weight excluding hydrogens is 280 g/mol. The molecule has 0 aliphatic rings. The zero-order valence-electron chi connectivity index (χ0n) is 13.1. The summed E-state index contributed by atoms with van der Waals surface area (Å²) in [5.41, 5.74) is 2.55. The van der Waals surface area contributed by atoms with Gasteiger partial charge in [-0.2, -0.15) is 0 Å². The Bertz CT molecular complexity index is 657. The topological polar surface area (TPSA) is 63.7 Å². The number of aryl methyl sites for hydroxylation is 1. The molecule has 0 bridgehead atoms. The number of nitrogens with one attached hydrogen (secondary N) is 1. The van der Waals surface area contributed by atoms with Crippen molar-refractivity contribution in [1.82, 2.24) is 4.98 Å². The van der Waals surface area contributed by atoms with Crippen molar-refractivity contribution in [3.63, 3.8) is 0 Å². The maximum atomic E-state index is 12.2. The van der Waals surface area contributed by atoms with Gasteiger partial charge in [0.25, 0.3) is 0 Å². The number of carbonyl (C=O) groups excluding carboxylic acids is 1. The fourth-order valence-corrected chi connectivity index (χ4v) is 2.02. The molecule has 0 amide bonds. The van der Waals surface area contributed by atoms with Crippen molar-refractivity contribution in [3.05, 3.63) is 47.8 Å². The lowest BCUT2D eigenvalue weighted by Crippen LogP contribution is -2.19. The molecule has 1 aromatic carbocycles. The predicted octanol–water partition coefficient (Wildman–Crippen LogP) is 3.41. The molecule has 0 atom stereocenters. The standard InChI is InChI=1S/C17H20N2O3/c1-4-21-14-8-6-13(7-9-14)19-16(17(20)22-5-2)15-12(3)10-11-18-15/h6-11,18H,4-5H2,1-3H3. The highest BCUT2D eigenvalue weighted by molar-refractivity contribution is 6.43. The first-order valence-electron chi connectivity index (χ1n) is 7.28. The normalized spacial score (nSPS) is 11.3. The van der Waals surface area contributed by atoms with Gasteiger partial charge in [0.1, 0.15) is 5.75 Å². The molecule has 5 nitrogen and oxygen atoms in total. The van der Waals surface area contributed by atoms with Crippen molar-refractivity contribution in [3.8, 4) is 5.75 Å². The van der Waals surface area contributed by atoms with Gasteiger partial charge in [-0.25, -0.2) is 9.79 Å². The van der Waals surface area contributed by atoms with E-state index in [0.717, 1.165) is 11.3 Å². The molecule has 1 heterocycles. The quantitative estimate of drug-likeness (QED) is 0.657. The number of aromatic nitrogens is 1. The highest BCUT2D eigenvalue weighted by Gasteiger charge is 2.18. The third-order valence-corrected chi connectivity index (χ3v) is 3.05. The molecule has 0 saturated carbocycles. The largest absolute Gasteiger partial charge is 0.494 e. The number of esters is 1. The Morgan fingerprint density at radius 2 is 1.86 bits per heavy atom. The highest BCUT2D eigenvalue weighted by atomic mass is 16.5. The van der Waals surface area contributed by atoms with Gasteiger partial charge in [0.2, 0.25) is 0 Å². The molecule has 1 aromatic heterocycles. The lowest BCUT2D eigenvalue weighted by atomic mass is 10.2. The van der Waals surface area contributed by atoms with Crippen LogP contribution in [0.15, 0.2) is 41.5 Å². The molecule has 0 aliphatic heterocycles. The first-order valence-corrected chi connectivity index (χ1v) is 7.28. The summed E-state index contributed by atoms with van der Waals surface area (Å²) in [4.78, 5) is 19.6. The molecule has 1 N–H and O–H groups in total. The smallest absolute Gasteiger partial charge is 0.359 e. The van der Waals surface area contributed by atoms with E-state index >= 15 is 0 Å². The maximum absolute atomic E-state index is 12.2. The number of aromatic amines is 1. The minimum absolute atomic E-state index is 0.272. The average molecular weight is 300 g/mol. The maximum Gasteiger partial charge on any atom is 0.359 e. The van der Waals surface area contributed by atoms with Crippen LogP contribution in [0.5, 0.6) is 5.75 Å². The van der Waals surface area contributed by atoms with Crippen LogP contribution < -0.4 is 4.74 Å². The Morgan fingerprint density at radius 3 is 2.41 bits per heavy atom. The number of ether oxygens (including phenoxy) is 2. The molecule has 0 unspecified atom stereocenters. The molecule has 2 rings (SSSR count). The molecule has 5 heteroatoms. The van der Waals surface area contributed by atoms with Crippen molar-refractivity contribution in [2.75, 3.05) is 13.2 Å². The van der Waals surface area contributed by atoms with Crippen molar-refractivity contribution < 1.29 is 14.3 Å². The summed E-state index contributed by atoms with van der Waals surface area (Å²) in [6.45, 7) is 6.53. The van der Waals surface area contributed by atoms with E-state index in [0.29, 0.717) is 24.6 Å². The summed E-state index contributed by atoms with van der Waals surface area (Å²) < 4.78 is 10.5. The van der Waals surface area contributed by atoms with Gasteiger partial charge in [0.05, 0.1) is 24.6 Å². The Morgan fingerprint density at radius 1 is 1.14 bits per heavy atom. The fraction of sp³-hybridized carbons (Fsp3) is 0.294. The van der Waals surface area contributed by atoms with Crippen molar-refractivity contribution >= 4 is 17.4 Å². The number of aliphatic imine (C=N–C) groups is 1. The summed E-state index contributed by atoms with van der Waals surface area (Å²) in [6.07, 6.45) is 1.78. The van der Waals surface area contributed by atoms with E-state index in [1.807, 2.05) is 44.2 Å². The second-order valence-electron chi connectivity index (χ2n) is 4.64. The van der Waals surface area contributed by atoms with Gasteiger partial charge in [0.15, 0.2) is 5.71 Å². The van der Waals surface area contributed by atoms with Crippen LogP contribution in [0.25, 0.3) is 0 Å². The van der Waals surface area contributed by atoms with E-state index in [1.165, 1.54) is 0 Å². The van der Waals surface area contributed by atoms with Gasteiger partial charge in [-0.1, -0.05) is 0 Å². The number of hydrogen-bond acceptors (Lipinski definition) is 4. The van der Waals surface area contributed by atoms with Gasteiger partial charge < -0.3 is 14.5 Å². The van der Waals surface area contributed by atoms with E-state index in [1.54, 1.807) is 13.1 Å². The number of hydrogen-bond donors (Lipinski definition) is 1. The number of nitrogens with zero attached hydrogens (tertiary/aromatic N) is 1. The second-order valence-corrected chi connectivity index (χ2v) is 4.64. The monoisotopic (exact) mass is 300 g/mol. The SMILES string of the molecule is CCOC(=O)C(=Nc1ccc(OCC)cc1)c1[nH]ccc1C.